The molecular weight excluding hydrogens is 250 g/mol. The van der Waals surface area contributed by atoms with Crippen LogP contribution in [-0.4, -0.2) is 12.9 Å². The van der Waals surface area contributed by atoms with Crippen LogP contribution in [0.4, 0.5) is 5.69 Å². The van der Waals surface area contributed by atoms with Crippen LogP contribution < -0.4 is 5.32 Å². The summed E-state index contributed by atoms with van der Waals surface area (Å²) >= 11 is 0. The van der Waals surface area contributed by atoms with Gasteiger partial charge in [0.1, 0.15) is 0 Å². The lowest BCUT2D eigenvalue weighted by Gasteiger charge is -2.29. The van der Waals surface area contributed by atoms with Gasteiger partial charge >= 0.3 is 0 Å². The lowest BCUT2D eigenvalue weighted by atomic mass is 9.92. The van der Waals surface area contributed by atoms with Crippen LogP contribution in [-0.2, 0) is 10.5 Å². The fourth-order valence-corrected chi connectivity index (χ4v) is 2.88. The van der Waals surface area contributed by atoms with Crippen LogP contribution in [0, 0.1) is 13.8 Å². The van der Waals surface area contributed by atoms with Gasteiger partial charge in [-0.2, -0.15) is 0 Å². The van der Waals surface area contributed by atoms with E-state index < -0.39 is 5.72 Å². The number of rotatable bonds is 2. The third-order valence-electron chi connectivity index (χ3n) is 3.87. The molecular formula is C17H17NO2. The Morgan fingerprint density at radius 2 is 1.85 bits per heavy atom. The number of carbonyl (C=O) groups excluding carboxylic acids is 1. The molecule has 0 amide bonds. The number of carbonyl (C=O) groups is 1. The molecule has 3 nitrogen and oxygen atoms in total. The summed E-state index contributed by atoms with van der Waals surface area (Å²) in [6, 6.07) is 13.5. The largest absolute Gasteiger partial charge is 0.348 e. The predicted octanol–water partition coefficient (Wildman–Crippen LogP) is 3.41. The topological polar surface area (TPSA) is 38.3 Å². The van der Waals surface area contributed by atoms with Gasteiger partial charge in [-0.3, -0.25) is 4.79 Å². The second-order valence-electron chi connectivity index (χ2n) is 5.20. The number of ketones is 1. The second-order valence-corrected chi connectivity index (χ2v) is 5.20. The van der Waals surface area contributed by atoms with Crippen LogP contribution in [0.5, 0.6) is 0 Å². The minimum Gasteiger partial charge on any atom is -0.348 e. The number of aryl methyl sites for hydroxylation is 2. The van der Waals surface area contributed by atoms with E-state index in [1.54, 1.807) is 7.11 Å². The number of hydrogen-bond donors (Lipinski definition) is 1. The Morgan fingerprint density at radius 1 is 1.10 bits per heavy atom. The first-order valence-corrected chi connectivity index (χ1v) is 6.63. The summed E-state index contributed by atoms with van der Waals surface area (Å²) in [6.45, 7) is 4.04. The molecule has 0 saturated heterocycles. The maximum Gasteiger partial charge on any atom is 0.230 e. The zero-order chi connectivity index (χ0) is 14.3. The molecule has 0 spiro atoms. The average molecular weight is 267 g/mol. The first-order valence-electron chi connectivity index (χ1n) is 6.63. The summed E-state index contributed by atoms with van der Waals surface area (Å²) in [7, 11) is 1.57. The number of hydrogen-bond acceptors (Lipinski definition) is 3. The van der Waals surface area contributed by atoms with Crippen molar-refractivity contribution in [2.45, 2.75) is 19.6 Å². The molecule has 0 radical (unpaired) electrons. The summed E-state index contributed by atoms with van der Waals surface area (Å²) < 4.78 is 5.64. The molecule has 0 saturated carbocycles. The van der Waals surface area contributed by atoms with Crippen LogP contribution in [0.25, 0.3) is 0 Å². The van der Waals surface area contributed by atoms with Crippen molar-refractivity contribution in [3.05, 3.63) is 64.7 Å². The van der Waals surface area contributed by atoms with Crippen molar-refractivity contribution in [3.63, 3.8) is 0 Å². The van der Waals surface area contributed by atoms with Gasteiger partial charge in [-0.15, -0.1) is 0 Å². The zero-order valence-corrected chi connectivity index (χ0v) is 11.9. The Hall–Kier alpha value is -2.13. The first kappa shape index (κ1) is 12.9. The van der Waals surface area contributed by atoms with E-state index in [0.29, 0.717) is 5.56 Å². The minimum atomic E-state index is -1.11. The van der Waals surface area contributed by atoms with Crippen molar-refractivity contribution >= 4 is 11.5 Å². The van der Waals surface area contributed by atoms with Crippen molar-refractivity contribution in [1.29, 1.82) is 0 Å². The molecule has 1 heterocycles. The predicted molar refractivity (Wildman–Crippen MR) is 79.0 cm³/mol. The number of benzene rings is 2. The Bertz CT molecular complexity index is 693. The molecule has 1 aliphatic heterocycles. The van der Waals surface area contributed by atoms with Gasteiger partial charge in [0.2, 0.25) is 11.5 Å². The van der Waals surface area contributed by atoms with Crippen molar-refractivity contribution in [2.24, 2.45) is 0 Å². The van der Waals surface area contributed by atoms with Gasteiger partial charge in [-0.05, 0) is 31.5 Å². The molecule has 3 heteroatoms. The molecule has 0 aliphatic carbocycles. The highest BCUT2D eigenvalue weighted by Crippen LogP contribution is 2.40. The number of fused-ring (bicyclic) bond motifs is 1. The SMILES string of the molecule is COC1(c2ccc(C)cc2C)Nc2ccccc2C1=O. The Morgan fingerprint density at radius 3 is 2.50 bits per heavy atom. The highest BCUT2D eigenvalue weighted by Gasteiger charge is 2.47. The van der Waals surface area contributed by atoms with Crippen molar-refractivity contribution in [2.75, 3.05) is 12.4 Å². The molecule has 1 unspecified atom stereocenters. The van der Waals surface area contributed by atoms with Crippen LogP contribution >= 0.6 is 0 Å². The Labute approximate surface area is 118 Å². The third-order valence-corrected chi connectivity index (χ3v) is 3.87. The van der Waals surface area contributed by atoms with Gasteiger partial charge < -0.3 is 10.1 Å². The molecule has 3 rings (SSSR count). The maximum absolute atomic E-state index is 12.8. The van der Waals surface area contributed by atoms with Gasteiger partial charge in [0.25, 0.3) is 0 Å². The third kappa shape index (κ3) is 1.67. The standard InChI is InChI=1S/C17H17NO2/c1-11-8-9-14(12(2)10-11)17(20-3)16(19)13-6-4-5-7-15(13)18-17/h4-10,18H,1-3H3. The zero-order valence-electron chi connectivity index (χ0n) is 11.9. The highest BCUT2D eigenvalue weighted by atomic mass is 16.5. The van der Waals surface area contributed by atoms with Crippen molar-refractivity contribution in [1.82, 2.24) is 0 Å². The monoisotopic (exact) mass is 267 g/mol. The van der Waals surface area contributed by atoms with Gasteiger partial charge in [0.15, 0.2) is 0 Å². The summed E-state index contributed by atoms with van der Waals surface area (Å²) in [6.07, 6.45) is 0. The normalized spacial score (nSPS) is 20.6. The summed E-state index contributed by atoms with van der Waals surface area (Å²) in [4.78, 5) is 12.8. The van der Waals surface area contributed by atoms with Crippen LogP contribution in [0.1, 0.15) is 27.0 Å². The van der Waals surface area contributed by atoms with Gasteiger partial charge in [0.05, 0.1) is 0 Å². The van der Waals surface area contributed by atoms with Crippen molar-refractivity contribution in [3.8, 4) is 0 Å². The van der Waals surface area contributed by atoms with E-state index >= 15 is 0 Å². The fraction of sp³-hybridized carbons (Fsp3) is 0.235. The molecule has 1 atom stereocenters. The summed E-state index contributed by atoms with van der Waals surface area (Å²) in [5.41, 5.74) is 3.46. The number of Topliss-reactive ketones (excluding diaryl/α,β-unsaturated/α-hetero) is 1. The van der Waals surface area contributed by atoms with Crippen LogP contribution in [0.15, 0.2) is 42.5 Å². The number of methoxy groups -OCH3 is 1. The smallest absolute Gasteiger partial charge is 0.230 e. The Kier molecular flexibility index (Phi) is 2.87. The van der Waals surface area contributed by atoms with Crippen molar-refractivity contribution < 1.29 is 9.53 Å². The molecule has 0 bridgehead atoms. The average Bonchev–Trinajstić information content (AvgIpc) is 2.73. The van der Waals surface area contributed by atoms with Crippen LogP contribution in [0.2, 0.25) is 0 Å². The number of anilines is 1. The molecule has 0 aromatic heterocycles. The number of ether oxygens (including phenoxy) is 1. The lowest BCUT2D eigenvalue weighted by Crippen LogP contribution is -2.41. The van der Waals surface area contributed by atoms with E-state index in [1.165, 1.54) is 5.56 Å². The fourth-order valence-electron chi connectivity index (χ4n) is 2.88. The van der Waals surface area contributed by atoms with Gasteiger partial charge in [-0.1, -0.05) is 35.9 Å². The second kappa shape index (κ2) is 4.46. The summed E-state index contributed by atoms with van der Waals surface area (Å²) in [5, 5.41) is 3.25. The van der Waals surface area contributed by atoms with Crippen LogP contribution in [0.3, 0.4) is 0 Å². The van der Waals surface area contributed by atoms with E-state index in [1.807, 2.05) is 50.2 Å². The van der Waals surface area contributed by atoms with Gasteiger partial charge in [-0.25, -0.2) is 0 Å². The maximum atomic E-state index is 12.8. The molecule has 1 N–H and O–H groups in total. The molecule has 102 valence electrons. The molecule has 2 aromatic carbocycles. The van der Waals surface area contributed by atoms with E-state index in [0.717, 1.165) is 16.8 Å². The minimum absolute atomic E-state index is 0.0393. The van der Waals surface area contributed by atoms with E-state index in [2.05, 4.69) is 11.4 Å². The summed E-state index contributed by atoms with van der Waals surface area (Å²) in [5.74, 6) is -0.0393. The van der Waals surface area contributed by atoms with E-state index in [-0.39, 0.29) is 5.78 Å². The Balaban J connectivity index is 2.18. The molecule has 1 aliphatic rings. The quantitative estimate of drug-likeness (QED) is 0.906. The first-order chi connectivity index (χ1) is 9.58. The van der Waals surface area contributed by atoms with Gasteiger partial charge in [0, 0.05) is 23.9 Å². The lowest BCUT2D eigenvalue weighted by molar-refractivity contribution is 0.0191. The van der Waals surface area contributed by atoms with E-state index in [4.69, 9.17) is 4.74 Å². The molecule has 0 fully saturated rings. The van der Waals surface area contributed by atoms with E-state index in [9.17, 15) is 4.79 Å². The highest BCUT2D eigenvalue weighted by molar-refractivity contribution is 6.12. The molecule has 20 heavy (non-hydrogen) atoms. The number of para-hydroxylation sites is 1. The number of nitrogens with one attached hydrogen (secondary N) is 1. The molecule has 2 aromatic rings.